The van der Waals surface area contributed by atoms with Gasteiger partial charge in [0.05, 0.1) is 11.3 Å². The van der Waals surface area contributed by atoms with E-state index in [1.165, 1.54) is 25.7 Å². The maximum atomic E-state index is 11.1. The lowest BCUT2D eigenvalue weighted by atomic mass is 10.0. The molecule has 0 spiro atoms. The molecule has 1 aliphatic rings. The highest BCUT2D eigenvalue weighted by Gasteiger charge is 2.23. The van der Waals surface area contributed by atoms with E-state index in [9.17, 15) is 4.79 Å². The lowest BCUT2D eigenvalue weighted by Crippen LogP contribution is -2.05. The molecule has 0 N–H and O–H groups in total. The third kappa shape index (κ3) is 2.04. The zero-order valence-electron chi connectivity index (χ0n) is 10.1. The number of hydrogen-bond donors (Lipinski definition) is 0. The van der Waals surface area contributed by atoms with Crippen molar-refractivity contribution in [2.45, 2.75) is 57.9 Å². The van der Waals surface area contributed by atoms with Crippen molar-refractivity contribution in [2.75, 3.05) is 0 Å². The van der Waals surface area contributed by atoms with Crippen molar-refractivity contribution in [3.05, 3.63) is 17.5 Å². The Hall–Kier alpha value is -1.12. The average Bonchev–Trinajstić information content (AvgIpc) is 2.95. The van der Waals surface area contributed by atoms with E-state index >= 15 is 0 Å². The number of carbonyl (C=O) groups is 1. The largest absolute Gasteiger partial charge is 0.298 e. The highest BCUT2D eigenvalue weighted by atomic mass is 16.1. The van der Waals surface area contributed by atoms with Crippen molar-refractivity contribution in [1.29, 1.82) is 0 Å². The minimum absolute atomic E-state index is 0.383. The number of hydrogen-bond acceptors (Lipinski definition) is 2. The van der Waals surface area contributed by atoms with Crippen molar-refractivity contribution < 1.29 is 4.79 Å². The van der Waals surface area contributed by atoms with Crippen LogP contribution in [-0.4, -0.2) is 16.1 Å². The van der Waals surface area contributed by atoms with Gasteiger partial charge in [0.2, 0.25) is 0 Å². The molecule has 0 amide bonds. The first kappa shape index (κ1) is 11.4. The molecule has 16 heavy (non-hydrogen) atoms. The van der Waals surface area contributed by atoms with Crippen LogP contribution in [0, 0.1) is 0 Å². The smallest absolute Gasteiger partial charge is 0.153 e. The summed E-state index contributed by atoms with van der Waals surface area (Å²) in [6.07, 6.45) is 8.85. The molecule has 1 fully saturated rings. The van der Waals surface area contributed by atoms with E-state index in [0.717, 1.165) is 24.0 Å². The molecule has 0 saturated heterocycles. The molecule has 88 valence electrons. The summed E-state index contributed by atoms with van der Waals surface area (Å²) in [5, 5.41) is 4.62. The summed E-state index contributed by atoms with van der Waals surface area (Å²) in [5.41, 5.74) is 1.83. The second-order valence-electron chi connectivity index (χ2n) is 4.81. The molecule has 1 unspecified atom stereocenters. The van der Waals surface area contributed by atoms with Gasteiger partial charge in [-0.1, -0.05) is 19.8 Å². The van der Waals surface area contributed by atoms with Gasteiger partial charge in [-0.3, -0.25) is 9.48 Å². The maximum absolute atomic E-state index is 11.1. The molecule has 3 nitrogen and oxygen atoms in total. The molecule has 0 radical (unpaired) electrons. The summed E-state index contributed by atoms with van der Waals surface area (Å²) in [4.78, 5) is 11.1. The van der Waals surface area contributed by atoms with Crippen molar-refractivity contribution >= 4 is 6.29 Å². The summed E-state index contributed by atoms with van der Waals surface area (Å²) in [5.74, 6) is 0.519. The topological polar surface area (TPSA) is 34.9 Å². The van der Waals surface area contributed by atoms with Crippen LogP contribution in [0.2, 0.25) is 0 Å². The molecule has 1 saturated carbocycles. The Balaban J connectivity index is 2.28. The second kappa shape index (κ2) is 4.81. The second-order valence-corrected chi connectivity index (χ2v) is 4.81. The van der Waals surface area contributed by atoms with Crippen LogP contribution < -0.4 is 0 Å². The molecule has 0 aromatic carbocycles. The highest BCUT2D eigenvalue weighted by Crippen LogP contribution is 2.34. The van der Waals surface area contributed by atoms with Gasteiger partial charge in [-0.2, -0.15) is 5.10 Å². The van der Waals surface area contributed by atoms with Crippen molar-refractivity contribution in [3.63, 3.8) is 0 Å². The van der Waals surface area contributed by atoms with Crippen molar-refractivity contribution in [1.82, 2.24) is 9.78 Å². The fourth-order valence-corrected chi connectivity index (χ4v) is 2.44. The van der Waals surface area contributed by atoms with E-state index < -0.39 is 0 Å². The summed E-state index contributed by atoms with van der Waals surface area (Å²) in [7, 11) is 0. The Kier molecular flexibility index (Phi) is 3.42. The fourth-order valence-electron chi connectivity index (χ4n) is 2.44. The normalized spacial score (nSPS) is 18.9. The molecule has 1 aromatic rings. The first-order chi connectivity index (χ1) is 7.76. The van der Waals surface area contributed by atoms with Crippen LogP contribution in [0.5, 0.6) is 0 Å². The van der Waals surface area contributed by atoms with Crippen LogP contribution in [-0.2, 0) is 0 Å². The lowest BCUT2D eigenvalue weighted by Gasteiger charge is -2.09. The Morgan fingerprint density at radius 3 is 2.81 bits per heavy atom. The van der Waals surface area contributed by atoms with Crippen molar-refractivity contribution in [2.24, 2.45) is 0 Å². The number of aromatic nitrogens is 2. The van der Waals surface area contributed by atoms with E-state index in [-0.39, 0.29) is 0 Å². The SMILES string of the molecule is CCC(C)n1cc(C=O)c(C2CCCC2)n1. The van der Waals surface area contributed by atoms with Gasteiger partial charge in [-0.25, -0.2) is 0 Å². The predicted molar refractivity (Wildman–Crippen MR) is 63.8 cm³/mol. The number of aldehydes is 1. The Labute approximate surface area is 96.8 Å². The van der Waals surface area contributed by atoms with Gasteiger partial charge in [0, 0.05) is 18.2 Å². The van der Waals surface area contributed by atoms with Crippen LogP contribution >= 0.6 is 0 Å². The maximum Gasteiger partial charge on any atom is 0.153 e. The molecule has 2 rings (SSSR count). The molecular formula is C13H20N2O. The van der Waals surface area contributed by atoms with Gasteiger partial charge in [0.15, 0.2) is 6.29 Å². The van der Waals surface area contributed by atoms with Crippen molar-refractivity contribution in [3.8, 4) is 0 Å². The summed E-state index contributed by atoms with van der Waals surface area (Å²) in [6.45, 7) is 4.28. The van der Waals surface area contributed by atoms with E-state index in [1.54, 1.807) is 0 Å². The van der Waals surface area contributed by atoms with Gasteiger partial charge in [-0.15, -0.1) is 0 Å². The minimum atomic E-state index is 0.383. The van der Waals surface area contributed by atoms with Gasteiger partial charge >= 0.3 is 0 Å². The molecule has 1 atom stereocenters. The van der Waals surface area contributed by atoms with E-state index in [0.29, 0.717) is 12.0 Å². The summed E-state index contributed by atoms with van der Waals surface area (Å²) in [6, 6.07) is 0.383. The van der Waals surface area contributed by atoms with Crippen LogP contribution in [0.25, 0.3) is 0 Å². The van der Waals surface area contributed by atoms with E-state index in [1.807, 2.05) is 10.9 Å². The van der Waals surface area contributed by atoms with Crippen LogP contribution in [0.3, 0.4) is 0 Å². The van der Waals surface area contributed by atoms with Gasteiger partial charge in [0.1, 0.15) is 0 Å². The summed E-state index contributed by atoms with van der Waals surface area (Å²) >= 11 is 0. The Morgan fingerprint density at radius 1 is 1.56 bits per heavy atom. The monoisotopic (exact) mass is 220 g/mol. The number of nitrogens with zero attached hydrogens (tertiary/aromatic N) is 2. The van der Waals surface area contributed by atoms with Gasteiger partial charge < -0.3 is 0 Å². The predicted octanol–water partition coefficient (Wildman–Crippen LogP) is 3.32. The first-order valence-corrected chi connectivity index (χ1v) is 6.30. The quantitative estimate of drug-likeness (QED) is 0.729. The standard InChI is InChI=1S/C13H20N2O/c1-3-10(2)15-8-12(9-16)13(14-15)11-6-4-5-7-11/h8-11H,3-7H2,1-2H3. The molecule has 1 aromatic heterocycles. The third-order valence-electron chi connectivity index (χ3n) is 3.70. The Bertz CT molecular complexity index is 364. The molecule has 0 bridgehead atoms. The molecular weight excluding hydrogens is 200 g/mol. The number of carbonyl (C=O) groups excluding carboxylic acids is 1. The number of rotatable bonds is 4. The molecule has 0 aliphatic heterocycles. The minimum Gasteiger partial charge on any atom is -0.298 e. The zero-order valence-corrected chi connectivity index (χ0v) is 10.1. The van der Waals surface area contributed by atoms with Crippen LogP contribution in [0.15, 0.2) is 6.20 Å². The lowest BCUT2D eigenvalue weighted by molar-refractivity contribution is 0.112. The average molecular weight is 220 g/mol. The third-order valence-corrected chi connectivity index (χ3v) is 3.70. The van der Waals surface area contributed by atoms with E-state index in [4.69, 9.17) is 0 Å². The molecule has 3 heteroatoms. The first-order valence-electron chi connectivity index (χ1n) is 6.30. The Morgan fingerprint density at radius 2 is 2.25 bits per heavy atom. The van der Waals surface area contributed by atoms with Crippen LogP contribution in [0.4, 0.5) is 0 Å². The molecule has 1 heterocycles. The van der Waals surface area contributed by atoms with Gasteiger partial charge in [0.25, 0.3) is 0 Å². The zero-order chi connectivity index (χ0) is 11.5. The van der Waals surface area contributed by atoms with Crippen LogP contribution in [0.1, 0.15) is 74.0 Å². The highest BCUT2D eigenvalue weighted by molar-refractivity contribution is 5.76. The molecule has 1 aliphatic carbocycles. The summed E-state index contributed by atoms with van der Waals surface area (Å²) < 4.78 is 1.96. The fraction of sp³-hybridized carbons (Fsp3) is 0.692. The van der Waals surface area contributed by atoms with E-state index in [2.05, 4.69) is 18.9 Å². The van der Waals surface area contributed by atoms with Gasteiger partial charge in [-0.05, 0) is 26.2 Å².